The van der Waals surface area contributed by atoms with Crippen LogP contribution in [0.5, 0.6) is 0 Å². The maximum absolute atomic E-state index is 13.0. The van der Waals surface area contributed by atoms with Gasteiger partial charge in [0.15, 0.2) is 0 Å². The Hall–Kier alpha value is -3.53. The predicted octanol–water partition coefficient (Wildman–Crippen LogP) is 2.47. The van der Waals surface area contributed by atoms with Gasteiger partial charge in [0, 0.05) is 24.0 Å². The Labute approximate surface area is 193 Å². The largest absolute Gasteiger partial charge is 0.447 e. The number of fused-ring (bicyclic) bond motifs is 3. The number of urea groups is 1. The number of thiophene rings is 1. The van der Waals surface area contributed by atoms with Crippen LogP contribution in [0.15, 0.2) is 41.5 Å². The third-order valence-electron chi connectivity index (χ3n) is 5.55. The number of aryl methyl sites for hydroxylation is 3. The number of esters is 1. The van der Waals surface area contributed by atoms with Gasteiger partial charge in [0.25, 0.3) is 11.5 Å². The highest BCUT2D eigenvalue weighted by Crippen LogP contribution is 2.33. The number of nitrogens with zero attached hydrogens (tertiary/aromatic N) is 2. The Kier molecular flexibility index (Phi) is 6.83. The number of carbonyl (C=O) groups is 3. The molecule has 172 valence electrons. The summed E-state index contributed by atoms with van der Waals surface area (Å²) in [6, 6.07) is 7.71. The van der Waals surface area contributed by atoms with Crippen molar-refractivity contribution in [3.05, 3.63) is 63.0 Å². The Bertz CT molecular complexity index is 1250. The van der Waals surface area contributed by atoms with E-state index < -0.39 is 24.0 Å². The highest BCUT2D eigenvalue weighted by molar-refractivity contribution is 7.18. The number of rotatable bonds is 6. The van der Waals surface area contributed by atoms with Crippen LogP contribution >= 0.6 is 11.3 Å². The number of carbonyl (C=O) groups excluding carboxylic acids is 3. The molecule has 0 fully saturated rings. The van der Waals surface area contributed by atoms with Crippen LogP contribution in [0.25, 0.3) is 10.2 Å². The molecule has 0 aliphatic heterocycles. The van der Waals surface area contributed by atoms with Crippen LogP contribution in [0.4, 0.5) is 4.79 Å². The normalized spacial score (nSPS) is 13.7. The first kappa shape index (κ1) is 22.7. The summed E-state index contributed by atoms with van der Waals surface area (Å²) in [5.41, 5.74) is 1.35. The van der Waals surface area contributed by atoms with Gasteiger partial charge < -0.3 is 10.1 Å². The number of benzene rings is 1. The molecule has 0 spiro atoms. The molecule has 2 heterocycles. The maximum Gasteiger partial charge on any atom is 0.321 e. The molecule has 3 amide bonds. The second-order valence-electron chi connectivity index (χ2n) is 7.73. The third-order valence-corrected chi connectivity index (χ3v) is 6.75. The van der Waals surface area contributed by atoms with Gasteiger partial charge in [0.05, 0.1) is 18.1 Å². The molecule has 33 heavy (non-hydrogen) atoms. The third kappa shape index (κ3) is 4.95. The first-order valence-corrected chi connectivity index (χ1v) is 11.6. The molecule has 0 saturated carbocycles. The van der Waals surface area contributed by atoms with E-state index in [0.29, 0.717) is 10.9 Å². The van der Waals surface area contributed by atoms with Crippen LogP contribution in [0, 0.1) is 0 Å². The topological polar surface area (TPSA) is 119 Å². The second-order valence-corrected chi connectivity index (χ2v) is 8.82. The fourth-order valence-corrected chi connectivity index (χ4v) is 5.10. The van der Waals surface area contributed by atoms with E-state index in [1.807, 2.05) is 0 Å². The molecule has 1 aliphatic rings. The summed E-state index contributed by atoms with van der Waals surface area (Å²) in [5.74, 6) is -1.44. The minimum Gasteiger partial charge on any atom is -0.447 e. The van der Waals surface area contributed by atoms with Gasteiger partial charge >= 0.3 is 12.0 Å². The van der Waals surface area contributed by atoms with Crippen molar-refractivity contribution in [1.29, 1.82) is 0 Å². The molecule has 3 aromatic rings. The number of hydrogen-bond donors (Lipinski definition) is 2. The van der Waals surface area contributed by atoms with Crippen LogP contribution in [0.3, 0.4) is 0 Å². The van der Waals surface area contributed by atoms with Gasteiger partial charge in [-0.05, 0) is 31.2 Å². The molecule has 0 bridgehead atoms. The fourth-order valence-electron chi connectivity index (χ4n) is 3.88. The SMILES string of the molecule is CNC(=O)NC(=O)C(OC(=O)CCn1cnc2sc3c(c2c1=O)CCCC3)c1ccccc1. The minimum absolute atomic E-state index is 0.0732. The smallest absolute Gasteiger partial charge is 0.321 e. The Morgan fingerprint density at radius 2 is 1.94 bits per heavy atom. The van der Waals surface area contributed by atoms with E-state index in [2.05, 4.69) is 15.6 Å². The molecule has 0 radical (unpaired) electrons. The average molecular weight is 469 g/mol. The highest BCUT2D eigenvalue weighted by atomic mass is 32.1. The first-order chi connectivity index (χ1) is 16.0. The zero-order valence-electron chi connectivity index (χ0n) is 18.1. The zero-order chi connectivity index (χ0) is 23.4. The number of imide groups is 1. The highest BCUT2D eigenvalue weighted by Gasteiger charge is 2.26. The van der Waals surface area contributed by atoms with Crippen LogP contribution in [0.1, 0.15) is 41.4 Å². The van der Waals surface area contributed by atoms with Gasteiger partial charge in [-0.3, -0.25) is 24.3 Å². The summed E-state index contributed by atoms with van der Waals surface area (Å²) < 4.78 is 6.81. The number of hydrogen-bond acceptors (Lipinski definition) is 7. The van der Waals surface area contributed by atoms with Gasteiger partial charge in [-0.1, -0.05) is 30.3 Å². The lowest BCUT2D eigenvalue weighted by Gasteiger charge is -2.17. The molecule has 1 atom stereocenters. The molecule has 2 aromatic heterocycles. The number of amides is 3. The monoisotopic (exact) mass is 468 g/mol. The lowest BCUT2D eigenvalue weighted by atomic mass is 9.97. The Morgan fingerprint density at radius 3 is 2.70 bits per heavy atom. The molecule has 1 aromatic carbocycles. The number of aromatic nitrogens is 2. The lowest BCUT2D eigenvalue weighted by molar-refractivity contribution is -0.156. The maximum atomic E-state index is 13.0. The molecule has 4 rings (SSSR count). The first-order valence-electron chi connectivity index (χ1n) is 10.7. The van der Waals surface area contributed by atoms with Gasteiger partial charge in [-0.25, -0.2) is 9.78 Å². The number of ether oxygens (including phenoxy) is 1. The predicted molar refractivity (Wildman–Crippen MR) is 123 cm³/mol. The standard InChI is InChI=1S/C23H24N4O5S/c1-24-23(31)26-20(29)19(14-7-3-2-4-8-14)32-17(28)11-12-27-13-25-21-18(22(27)30)15-9-5-6-10-16(15)33-21/h2-4,7-8,13,19H,5-6,9-12H2,1H3,(H2,24,26,29,31). The lowest BCUT2D eigenvalue weighted by Crippen LogP contribution is -2.41. The minimum atomic E-state index is -1.29. The average Bonchev–Trinajstić information content (AvgIpc) is 3.22. The van der Waals surface area contributed by atoms with E-state index in [9.17, 15) is 19.2 Å². The van der Waals surface area contributed by atoms with Gasteiger partial charge in [0.1, 0.15) is 4.83 Å². The van der Waals surface area contributed by atoms with E-state index in [1.165, 1.54) is 22.8 Å². The van der Waals surface area contributed by atoms with Crippen molar-refractivity contribution in [3.63, 3.8) is 0 Å². The van der Waals surface area contributed by atoms with E-state index in [4.69, 9.17) is 4.74 Å². The summed E-state index contributed by atoms with van der Waals surface area (Å²) in [6.45, 7) is 0.0732. The summed E-state index contributed by atoms with van der Waals surface area (Å²) in [7, 11) is 1.37. The fraction of sp³-hybridized carbons (Fsp3) is 0.348. The molecule has 9 nitrogen and oxygen atoms in total. The van der Waals surface area contributed by atoms with Crippen molar-refractivity contribution in [2.24, 2.45) is 0 Å². The summed E-state index contributed by atoms with van der Waals surface area (Å²) >= 11 is 1.57. The van der Waals surface area contributed by atoms with Crippen molar-refractivity contribution < 1.29 is 19.1 Å². The Morgan fingerprint density at radius 1 is 1.18 bits per heavy atom. The van der Waals surface area contributed by atoms with Crippen molar-refractivity contribution in [3.8, 4) is 0 Å². The quantitative estimate of drug-likeness (QED) is 0.537. The second kappa shape index (κ2) is 9.95. The van der Waals surface area contributed by atoms with Crippen molar-refractivity contribution in [1.82, 2.24) is 20.2 Å². The molecule has 1 unspecified atom stereocenters. The van der Waals surface area contributed by atoms with Crippen LogP contribution < -0.4 is 16.2 Å². The summed E-state index contributed by atoms with van der Waals surface area (Å²) in [6.07, 6.45) is 4.05. The van der Waals surface area contributed by atoms with Gasteiger partial charge in [0.2, 0.25) is 6.10 Å². The van der Waals surface area contributed by atoms with Crippen molar-refractivity contribution in [2.45, 2.75) is 44.8 Å². The van der Waals surface area contributed by atoms with E-state index >= 15 is 0 Å². The molecule has 0 saturated heterocycles. The van der Waals surface area contributed by atoms with Crippen LogP contribution in [0.2, 0.25) is 0 Å². The summed E-state index contributed by atoms with van der Waals surface area (Å²) in [5, 5.41) is 5.07. The van der Waals surface area contributed by atoms with E-state index in [1.54, 1.807) is 41.7 Å². The van der Waals surface area contributed by atoms with Gasteiger partial charge in [-0.2, -0.15) is 0 Å². The number of nitrogens with one attached hydrogen (secondary N) is 2. The van der Waals surface area contributed by atoms with Gasteiger partial charge in [-0.15, -0.1) is 11.3 Å². The van der Waals surface area contributed by atoms with Crippen molar-refractivity contribution in [2.75, 3.05) is 7.05 Å². The van der Waals surface area contributed by atoms with Crippen LogP contribution in [-0.2, 0) is 33.7 Å². The summed E-state index contributed by atoms with van der Waals surface area (Å²) in [4.78, 5) is 56.1. The van der Waals surface area contributed by atoms with E-state index in [0.717, 1.165) is 36.1 Å². The molecule has 2 N–H and O–H groups in total. The zero-order valence-corrected chi connectivity index (χ0v) is 18.9. The molecular formula is C23H24N4O5S. The molecule has 10 heteroatoms. The molecular weight excluding hydrogens is 444 g/mol. The van der Waals surface area contributed by atoms with Crippen molar-refractivity contribution >= 4 is 39.5 Å². The molecule has 1 aliphatic carbocycles. The van der Waals surface area contributed by atoms with E-state index in [-0.39, 0.29) is 18.5 Å². The Balaban J connectivity index is 1.48. The van der Waals surface area contributed by atoms with Crippen LogP contribution in [-0.4, -0.2) is 34.5 Å².